The van der Waals surface area contributed by atoms with Crippen molar-refractivity contribution in [3.05, 3.63) is 16.1 Å². The van der Waals surface area contributed by atoms with E-state index >= 15 is 0 Å². The van der Waals surface area contributed by atoms with Crippen LogP contribution in [0.15, 0.2) is 6.20 Å². The van der Waals surface area contributed by atoms with E-state index in [9.17, 15) is 0 Å². The second-order valence-corrected chi connectivity index (χ2v) is 7.11. The Kier molecular flexibility index (Phi) is 6.00. The van der Waals surface area contributed by atoms with E-state index in [1.807, 2.05) is 17.5 Å². The number of hydrogen-bond acceptors (Lipinski definition) is 4. The summed E-state index contributed by atoms with van der Waals surface area (Å²) in [6.45, 7) is 12.8. The van der Waals surface area contributed by atoms with Crippen LogP contribution >= 0.6 is 11.3 Å². The molecular weight excluding hydrogens is 266 g/mol. The fourth-order valence-corrected chi connectivity index (χ4v) is 3.93. The summed E-state index contributed by atoms with van der Waals surface area (Å²) in [6.07, 6.45) is 5.78. The number of aryl methyl sites for hydroxylation is 1. The van der Waals surface area contributed by atoms with Gasteiger partial charge in [0.2, 0.25) is 0 Å². The zero-order chi connectivity index (χ0) is 14.5. The highest BCUT2D eigenvalue weighted by molar-refractivity contribution is 7.11. The van der Waals surface area contributed by atoms with Gasteiger partial charge in [-0.3, -0.25) is 0 Å². The van der Waals surface area contributed by atoms with Crippen molar-refractivity contribution in [2.45, 2.75) is 59.0 Å². The first kappa shape index (κ1) is 15.9. The van der Waals surface area contributed by atoms with Crippen LogP contribution in [0.5, 0.6) is 0 Å². The van der Waals surface area contributed by atoms with E-state index in [0.717, 1.165) is 12.3 Å². The molecule has 1 aliphatic rings. The van der Waals surface area contributed by atoms with Gasteiger partial charge in [-0.2, -0.15) is 0 Å². The number of rotatable bonds is 6. The lowest BCUT2D eigenvalue weighted by Crippen LogP contribution is -2.42. The molecule has 1 N–H and O–H groups in total. The molecule has 2 unspecified atom stereocenters. The molecule has 2 atom stereocenters. The number of hydrogen-bond donors (Lipinski definition) is 1. The van der Waals surface area contributed by atoms with E-state index in [4.69, 9.17) is 0 Å². The summed E-state index contributed by atoms with van der Waals surface area (Å²) in [5, 5.41) is 5.00. The zero-order valence-electron chi connectivity index (χ0n) is 13.4. The van der Waals surface area contributed by atoms with Crippen LogP contribution in [-0.2, 0) is 6.42 Å². The van der Waals surface area contributed by atoms with Gasteiger partial charge < -0.3 is 10.2 Å². The average Bonchev–Trinajstić information content (AvgIpc) is 2.96. The Bertz CT molecular complexity index is 396. The summed E-state index contributed by atoms with van der Waals surface area (Å²) in [6, 6.07) is 0.956. The molecule has 20 heavy (non-hydrogen) atoms. The topological polar surface area (TPSA) is 28.2 Å². The van der Waals surface area contributed by atoms with Crippen molar-refractivity contribution in [3.63, 3.8) is 0 Å². The number of thiazole rings is 1. The predicted molar refractivity (Wildman–Crippen MR) is 87.3 cm³/mol. The molecule has 1 saturated heterocycles. The highest BCUT2D eigenvalue weighted by atomic mass is 32.1. The summed E-state index contributed by atoms with van der Waals surface area (Å²) in [7, 11) is 0. The minimum atomic E-state index is 0.375. The standard InChI is InChI=1S/C16H29N3S/c1-5-15-11-17-16(20-15)13(4)18-12(3)14-7-9-19(6-2)10-8-14/h11-14,18H,5-10H2,1-4H3. The maximum Gasteiger partial charge on any atom is 0.109 e. The third-order valence-corrected chi connectivity index (χ3v) is 5.91. The van der Waals surface area contributed by atoms with Crippen molar-refractivity contribution < 1.29 is 0 Å². The van der Waals surface area contributed by atoms with Crippen LogP contribution in [0.2, 0.25) is 0 Å². The van der Waals surface area contributed by atoms with Crippen LogP contribution < -0.4 is 5.32 Å². The Hall–Kier alpha value is -0.450. The average molecular weight is 295 g/mol. The molecular formula is C16H29N3S. The molecule has 0 aliphatic carbocycles. The second-order valence-electron chi connectivity index (χ2n) is 5.97. The van der Waals surface area contributed by atoms with Gasteiger partial charge in [0, 0.05) is 17.1 Å². The summed E-state index contributed by atoms with van der Waals surface area (Å²) < 4.78 is 0. The molecule has 0 amide bonds. The lowest BCUT2D eigenvalue weighted by Gasteiger charge is -2.35. The first-order chi connectivity index (χ1) is 9.63. The molecule has 1 aromatic rings. The van der Waals surface area contributed by atoms with Crippen molar-refractivity contribution in [3.8, 4) is 0 Å². The summed E-state index contributed by atoms with van der Waals surface area (Å²) in [5.41, 5.74) is 0. The van der Waals surface area contributed by atoms with Crippen molar-refractivity contribution in [1.29, 1.82) is 0 Å². The van der Waals surface area contributed by atoms with Crippen LogP contribution in [-0.4, -0.2) is 35.6 Å². The van der Waals surface area contributed by atoms with E-state index < -0.39 is 0 Å². The molecule has 0 aromatic carbocycles. The molecule has 0 bridgehead atoms. The normalized spacial score (nSPS) is 21.0. The van der Waals surface area contributed by atoms with Gasteiger partial charge >= 0.3 is 0 Å². The lowest BCUT2D eigenvalue weighted by molar-refractivity contribution is 0.165. The molecule has 0 saturated carbocycles. The number of likely N-dealkylation sites (tertiary alicyclic amines) is 1. The maximum atomic E-state index is 4.56. The molecule has 4 heteroatoms. The minimum Gasteiger partial charge on any atom is -0.305 e. The van der Waals surface area contributed by atoms with Gasteiger partial charge in [0.1, 0.15) is 5.01 Å². The van der Waals surface area contributed by atoms with Crippen LogP contribution in [0.4, 0.5) is 0 Å². The molecule has 1 aromatic heterocycles. The maximum absolute atomic E-state index is 4.56. The molecule has 2 heterocycles. The molecule has 0 radical (unpaired) electrons. The number of piperidine rings is 1. The molecule has 114 valence electrons. The largest absolute Gasteiger partial charge is 0.305 e. The second kappa shape index (κ2) is 7.53. The number of aromatic nitrogens is 1. The van der Waals surface area contributed by atoms with Gasteiger partial charge in [-0.15, -0.1) is 11.3 Å². The van der Waals surface area contributed by atoms with Crippen molar-refractivity contribution in [1.82, 2.24) is 15.2 Å². The first-order valence-corrected chi connectivity index (χ1v) is 8.88. The number of nitrogens with zero attached hydrogens (tertiary/aromatic N) is 2. The van der Waals surface area contributed by atoms with Crippen molar-refractivity contribution >= 4 is 11.3 Å². The van der Waals surface area contributed by atoms with Crippen molar-refractivity contribution in [2.24, 2.45) is 5.92 Å². The van der Waals surface area contributed by atoms with E-state index in [2.05, 4.69) is 42.9 Å². The van der Waals surface area contributed by atoms with Crippen LogP contribution in [0.3, 0.4) is 0 Å². The van der Waals surface area contributed by atoms with Gasteiger partial charge in [-0.1, -0.05) is 13.8 Å². The smallest absolute Gasteiger partial charge is 0.109 e. The van der Waals surface area contributed by atoms with E-state index in [1.165, 1.54) is 42.4 Å². The van der Waals surface area contributed by atoms with Gasteiger partial charge in [-0.25, -0.2) is 4.98 Å². The highest BCUT2D eigenvalue weighted by Crippen LogP contribution is 2.25. The van der Waals surface area contributed by atoms with E-state index in [1.54, 1.807) is 0 Å². The molecule has 2 rings (SSSR count). The predicted octanol–water partition coefficient (Wildman–Crippen LogP) is 3.48. The fraction of sp³-hybridized carbons (Fsp3) is 0.812. The number of nitrogens with one attached hydrogen (secondary N) is 1. The highest BCUT2D eigenvalue weighted by Gasteiger charge is 2.24. The molecule has 0 spiro atoms. The van der Waals surface area contributed by atoms with E-state index in [-0.39, 0.29) is 0 Å². The molecule has 1 fully saturated rings. The van der Waals surface area contributed by atoms with Gasteiger partial charge in [0.25, 0.3) is 0 Å². The Morgan fingerprint density at radius 3 is 2.60 bits per heavy atom. The Balaban J connectivity index is 1.83. The summed E-state index contributed by atoms with van der Waals surface area (Å²) >= 11 is 1.85. The Morgan fingerprint density at radius 2 is 2.05 bits per heavy atom. The monoisotopic (exact) mass is 295 g/mol. The van der Waals surface area contributed by atoms with Crippen LogP contribution in [0.25, 0.3) is 0 Å². The Labute approximate surface area is 127 Å². The van der Waals surface area contributed by atoms with E-state index in [0.29, 0.717) is 12.1 Å². The van der Waals surface area contributed by atoms with Gasteiger partial charge in [-0.05, 0) is 58.7 Å². The zero-order valence-corrected chi connectivity index (χ0v) is 14.2. The summed E-state index contributed by atoms with van der Waals surface area (Å²) in [5.74, 6) is 0.811. The fourth-order valence-electron chi connectivity index (χ4n) is 3.06. The first-order valence-electron chi connectivity index (χ1n) is 8.07. The van der Waals surface area contributed by atoms with Gasteiger partial charge in [0.15, 0.2) is 0 Å². The third-order valence-electron chi connectivity index (χ3n) is 4.59. The third kappa shape index (κ3) is 4.03. The van der Waals surface area contributed by atoms with Gasteiger partial charge in [0.05, 0.1) is 6.04 Å². The quantitative estimate of drug-likeness (QED) is 0.871. The Morgan fingerprint density at radius 1 is 1.35 bits per heavy atom. The van der Waals surface area contributed by atoms with Crippen molar-refractivity contribution in [2.75, 3.05) is 19.6 Å². The summed E-state index contributed by atoms with van der Waals surface area (Å²) in [4.78, 5) is 8.50. The van der Waals surface area contributed by atoms with Crippen LogP contribution in [0.1, 0.15) is 56.5 Å². The molecule has 1 aliphatic heterocycles. The van der Waals surface area contributed by atoms with Crippen LogP contribution in [0, 0.1) is 5.92 Å². The SMILES string of the molecule is CCc1cnc(C(C)NC(C)C2CCN(CC)CC2)s1. The minimum absolute atomic E-state index is 0.375. The molecule has 3 nitrogen and oxygen atoms in total. The lowest BCUT2D eigenvalue weighted by atomic mass is 9.90.